The number of hydrogen-bond donors (Lipinski definition) is 1. The highest BCUT2D eigenvalue weighted by atomic mass is 32.1. The lowest BCUT2D eigenvalue weighted by Gasteiger charge is -2.04. The Labute approximate surface area is 98.4 Å². The first-order valence-electron chi connectivity index (χ1n) is 4.92. The summed E-state index contributed by atoms with van der Waals surface area (Å²) in [5, 5.41) is 12.0. The van der Waals surface area contributed by atoms with Crippen LogP contribution in [0, 0.1) is 18.3 Å². The third kappa shape index (κ3) is 2.59. The molecule has 0 fully saturated rings. The maximum atomic E-state index is 8.70. The number of pyridine rings is 1. The number of nitriles is 1. The van der Waals surface area contributed by atoms with E-state index in [2.05, 4.69) is 16.4 Å². The molecule has 0 aliphatic heterocycles. The molecular weight excluding hydrogens is 218 g/mol. The second kappa shape index (κ2) is 4.77. The Kier molecular flexibility index (Phi) is 3.18. The van der Waals surface area contributed by atoms with Gasteiger partial charge in [-0.05, 0) is 30.7 Å². The van der Waals surface area contributed by atoms with Crippen molar-refractivity contribution in [2.24, 2.45) is 0 Å². The summed E-state index contributed by atoms with van der Waals surface area (Å²) in [7, 11) is 0. The summed E-state index contributed by atoms with van der Waals surface area (Å²) in [5.74, 6) is 0. The lowest BCUT2D eigenvalue weighted by Crippen LogP contribution is -1.97. The Bertz CT molecular complexity index is 525. The van der Waals surface area contributed by atoms with Crippen molar-refractivity contribution in [3.05, 3.63) is 45.9 Å². The monoisotopic (exact) mass is 229 g/mol. The smallest absolute Gasteiger partial charge is 0.110 e. The quantitative estimate of drug-likeness (QED) is 0.880. The van der Waals surface area contributed by atoms with E-state index in [1.807, 2.05) is 31.3 Å². The number of aromatic nitrogens is 1. The van der Waals surface area contributed by atoms with Crippen molar-refractivity contribution in [2.45, 2.75) is 13.5 Å². The molecule has 2 rings (SSSR count). The van der Waals surface area contributed by atoms with E-state index in [9.17, 15) is 0 Å². The summed E-state index contributed by atoms with van der Waals surface area (Å²) in [6, 6.07) is 8.00. The third-order valence-corrected chi connectivity index (χ3v) is 3.10. The SMILES string of the molecule is Cc1cncc(NCc2ccc(C#N)s2)c1. The molecule has 0 spiro atoms. The van der Waals surface area contributed by atoms with Gasteiger partial charge < -0.3 is 5.32 Å². The van der Waals surface area contributed by atoms with Gasteiger partial charge in [-0.3, -0.25) is 4.98 Å². The average molecular weight is 229 g/mol. The molecule has 0 bridgehead atoms. The maximum absolute atomic E-state index is 8.70. The fraction of sp³-hybridized carbons (Fsp3) is 0.167. The van der Waals surface area contributed by atoms with Crippen LogP contribution in [0.15, 0.2) is 30.6 Å². The fourth-order valence-corrected chi connectivity index (χ4v) is 2.12. The van der Waals surface area contributed by atoms with Gasteiger partial charge in [0, 0.05) is 23.8 Å². The molecular formula is C12H11N3S. The average Bonchev–Trinajstić information content (AvgIpc) is 2.74. The van der Waals surface area contributed by atoms with Crippen LogP contribution >= 0.6 is 11.3 Å². The number of aryl methyl sites for hydroxylation is 1. The van der Waals surface area contributed by atoms with Crippen molar-refractivity contribution in [3.8, 4) is 6.07 Å². The molecule has 0 amide bonds. The molecule has 2 heterocycles. The molecule has 0 aliphatic carbocycles. The summed E-state index contributed by atoms with van der Waals surface area (Å²) in [4.78, 5) is 6.01. The molecule has 2 aromatic heterocycles. The second-order valence-corrected chi connectivity index (χ2v) is 4.65. The zero-order valence-electron chi connectivity index (χ0n) is 8.90. The van der Waals surface area contributed by atoms with Crippen molar-refractivity contribution in [1.29, 1.82) is 5.26 Å². The highest BCUT2D eigenvalue weighted by Gasteiger charge is 1.99. The minimum absolute atomic E-state index is 0.734. The number of rotatable bonds is 3. The zero-order chi connectivity index (χ0) is 11.4. The van der Waals surface area contributed by atoms with Gasteiger partial charge in [-0.2, -0.15) is 5.26 Å². The number of hydrogen-bond acceptors (Lipinski definition) is 4. The van der Waals surface area contributed by atoms with Crippen molar-refractivity contribution in [3.63, 3.8) is 0 Å². The number of anilines is 1. The van der Waals surface area contributed by atoms with E-state index in [0.717, 1.165) is 27.5 Å². The van der Waals surface area contributed by atoms with Gasteiger partial charge in [0.15, 0.2) is 0 Å². The van der Waals surface area contributed by atoms with Crippen LogP contribution in [0.5, 0.6) is 0 Å². The van der Waals surface area contributed by atoms with E-state index in [0.29, 0.717) is 0 Å². The van der Waals surface area contributed by atoms with Gasteiger partial charge in [0.05, 0.1) is 5.69 Å². The molecule has 1 N–H and O–H groups in total. The Morgan fingerprint density at radius 1 is 1.44 bits per heavy atom. The van der Waals surface area contributed by atoms with Crippen LogP contribution in [-0.2, 0) is 6.54 Å². The van der Waals surface area contributed by atoms with Gasteiger partial charge in [0.25, 0.3) is 0 Å². The molecule has 80 valence electrons. The number of nitrogens with one attached hydrogen (secondary N) is 1. The first kappa shape index (κ1) is 10.7. The van der Waals surface area contributed by atoms with Crippen LogP contribution in [0.25, 0.3) is 0 Å². The minimum atomic E-state index is 0.734. The van der Waals surface area contributed by atoms with E-state index in [-0.39, 0.29) is 0 Å². The molecule has 0 aliphatic rings. The van der Waals surface area contributed by atoms with Gasteiger partial charge in [0.1, 0.15) is 10.9 Å². The summed E-state index contributed by atoms with van der Waals surface area (Å²) < 4.78 is 0. The van der Waals surface area contributed by atoms with Gasteiger partial charge in [-0.1, -0.05) is 0 Å². The standard InChI is InChI=1S/C12H11N3S/c1-9-4-10(7-14-6-9)15-8-12-3-2-11(5-13)16-12/h2-4,6-7,15H,8H2,1H3. The number of thiophene rings is 1. The highest BCUT2D eigenvalue weighted by molar-refractivity contribution is 7.12. The molecule has 2 aromatic rings. The summed E-state index contributed by atoms with van der Waals surface area (Å²) in [6.07, 6.45) is 3.62. The predicted molar refractivity (Wildman–Crippen MR) is 65.3 cm³/mol. The Balaban J connectivity index is 2.00. The Morgan fingerprint density at radius 2 is 2.31 bits per heavy atom. The molecule has 3 nitrogen and oxygen atoms in total. The molecule has 0 aromatic carbocycles. The summed E-state index contributed by atoms with van der Waals surface area (Å²) in [5.41, 5.74) is 2.14. The normalized spacial score (nSPS) is 9.75. The highest BCUT2D eigenvalue weighted by Crippen LogP contribution is 2.17. The van der Waals surface area contributed by atoms with Gasteiger partial charge >= 0.3 is 0 Å². The molecule has 0 radical (unpaired) electrons. The second-order valence-electron chi connectivity index (χ2n) is 3.48. The van der Waals surface area contributed by atoms with E-state index < -0.39 is 0 Å². The van der Waals surface area contributed by atoms with Crippen LogP contribution in [0.4, 0.5) is 5.69 Å². The van der Waals surface area contributed by atoms with E-state index in [4.69, 9.17) is 5.26 Å². The topological polar surface area (TPSA) is 48.7 Å². The van der Waals surface area contributed by atoms with Crippen LogP contribution < -0.4 is 5.32 Å². The van der Waals surface area contributed by atoms with Gasteiger partial charge in [-0.15, -0.1) is 11.3 Å². The van der Waals surface area contributed by atoms with Crippen molar-refractivity contribution in [2.75, 3.05) is 5.32 Å². The molecule has 0 atom stereocenters. The molecule has 0 saturated carbocycles. The van der Waals surface area contributed by atoms with E-state index in [1.54, 1.807) is 6.20 Å². The molecule has 0 saturated heterocycles. The lowest BCUT2D eigenvalue weighted by molar-refractivity contribution is 1.16. The number of nitrogens with zero attached hydrogens (tertiary/aromatic N) is 2. The fourth-order valence-electron chi connectivity index (χ4n) is 1.37. The third-order valence-electron chi connectivity index (χ3n) is 2.11. The van der Waals surface area contributed by atoms with E-state index in [1.165, 1.54) is 11.3 Å². The molecule has 16 heavy (non-hydrogen) atoms. The Hall–Kier alpha value is -1.86. The minimum Gasteiger partial charge on any atom is -0.379 e. The van der Waals surface area contributed by atoms with Crippen LogP contribution in [0.3, 0.4) is 0 Å². The maximum Gasteiger partial charge on any atom is 0.110 e. The molecule has 0 unspecified atom stereocenters. The van der Waals surface area contributed by atoms with Gasteiger partial charge in [0.2, 0.25) is 0 Å². The predicted octanol–water partition coefficient (Wildman–Crippen LogP) is 2.94. The van der Waals surface area contributed by atoms with Crippen LogP contribution in [0.1, 0.15) is 15.3 Å². The summed E-state index contributed by atoms with van der Waals surface area (Å²) in [6.45, 7) is 2.74. The molecule has 4 heteroatoms. The lowest BCUT2D eigenvalue weighted by atomic mass is 10.3. The van der Waals surface area contributed by atoms with Crippen LogP contribution in [-0.4, -0.2) is 4.98 Å². The first-order valence-corrected chi connectivity index (χ1v) is 5.74. The van der Waals surface area contributed by atoms with Gasteiger partial charge in [-0.25, -0.2) is 0 Å². The van der Waals surface area contributed by atoms with Crippen LogP contribution in [0.2, 0.25) is 0 Å². The first-order chi connectivity index (χ1) is 7.78. The zero-order valence-corrected chi connectivity index (χ0v) is 9.71. The largest absolute Gasteiger partial charge is 0.379 e. The van der Waals surface area contributed by atoms with Crippen molar-refractivity contribution >= 4 is 17.0 Å². The Morgan fingerprint density at radius 3 is 3.00 bits per heavy atom. The van der Waals surface area contributed by atoms with Crippen molar-refractivity contribution in [1.82, 2.24) is 4.98 Å². The summed E-state index contributed by atoms with van der Waals surface area (Å²) >= 11 is 1.51. The van der Waals surface area contributed by atoms with Crippen molar-refractivity contribution < 1.29 is 0 Å². The van der Waals surface area contributed by atoms with E-state index >= 15 is 0 Å².